The summed E-state index contributed by atoms with van der Waals surface area (Å²) in [6.07, 6.45) is -0.453. The normalized spacial score (nSPS) is 21.9. The average Bonchev–Trinajstić information content (AvgIpc) is 3.15. The van der Waals surface area contributed by atoms with E-state index in [1.807, 2.05) is 11.8 Å². The third kappa shape index (κ3) is 6.14. The van der Waals surface area contributed by atoms with E-state index >= 15 is 0 Å². The maximum atomic E-state index is 12.8. The Balaban J connectivity index is 1.57. The van der Waals surface area contributed by atoms with Crippen molar-refractivity contribution in [2.45, 2.75) is 38.4 Å². The van der Waals surface area contributed by atoms with Crippen LogP contribution < -0.4 is 15.5 Å². The minimum absolute atomic E-state index is 0.0216. The summed E-state index contributed by atoms with van der Waals surface area (Å²) in [5.41, 5.74) is -0.833. The highest BCUT2D eigenvalue weighted by atomic mass is 35.5. The molecule has 2 saturated heterocycles. The van der Waals surface area contributed by atoms with Crippen LogP contribution in [-0.2, 0) is 6.18 Å². The monoisotopic (exact) mass is 446 g/mol. The number of hydrogen-bond donors (Lipinski definition) is 2. The standard InChI is InChI=1S/C20H30ClF3N6/c1-3-25-19(27-11-14-4-7-29(2)8-5-14)28-16-6-9-30(13-16)18-17(21)10-15(12-26-18)20(22,23)24/h10,12,14,16H,3-9,11,13H2,1-2H3,(H2,25,27,28). The van der Waals surface area contributed by atoms with E-state index in [0.717, 1.165) is 63.7 Å². The van der Waals surface area contributed by atoms with Crippen LogP contribution in [0.1, 0.15) is 31.7 Å². The van der Waals surface area contributed by atoms with Gasteiger partial charge in [0.2, 0.25) is 0 Å². The third-order valence-corrected chi connectivity index (χ3v) is 5.95. The number of anilines is 1. The molecule has 6 nitrogen and oxygen atoms in total. The summed E-state index contributed by atoms with van der Waals surface area (Å²) in [7, 11) is 2.15. The molecule has 0 amide bonds. The maximum absolute atomic E-state index is 12.8. The number of hydrogen-bond acceptors (Lipinski definition) is 4. The highest BCUT2D eigenvalue weighted by Crippen LogP contribution is 2.34. The molecule has 10 heteroatoms. The van der Waals surface area contributed by atoms with E-state index in [-0.39, 0.29) is 11.1 Å². The van der Waals surface area contributed by atoms with E-state index < -0.39 is 11.7 Å². The molecule has 1 aromatic rings. The number of aliphatic imine (C=N–C) groups is 1. The lowest BCUT2D eigenvalue weighted by molar-refractivity contribution is -0.137. The van der Waals surface area contributed by atoms with Crippen molar-refractivity contribution < 1.29 is 13.2 Å². The predicted octanol–water partition coefficient (Wildman–Crippen LogP) is 3.23. The zero-order chi connectivity index (χ0) is 21.7. The lowest BCUT2D eigenvalue weighted by Crippen LogP contribution is -2.45. The van der Waals surface area contributed by atoms with Crippen molar-refractivity contribution in [1.29, 1.82) is 0 Å². The van der Waals surface area contributed by atoms with Crippen LogP contribution in [0.15, 0.2) is 17.3 Å². The van der Waals surface area contributed by atoms with Crippen molar-refractivity contribution in [2.75, 3.05) is 51.2 Å². The molecule has 0 aliphatic carbocycles. The van der Waals surface area contributed by atoms with Gasteiger partial charge in [-0.3, -0.25) is 4.99 Å². The summed E-state index contributed by atoms with van der Waals surface area (Å²) in [4.78, 5) is 13.0. The van der Waals surface area contributed by atoms with Crippen LogP contribution in [0, 0.1) is 5.92 Å². The molecule has 0 saturated carbocycles. The molecule has 0 aromatic carbocycles. The Morgan fingerprint density at radius 3 is 2.63 bits per heavy atom. The largest absolute Gasteiger partial charge is 0.417 e. The minimum Gasteiger partial charge on any atom is -0.357 e. The number of halogens is 4. The number of likely N-dealkylation sites (tertiary alicyclic amines) is 1. The lowest BCUT2D eigenvalue weighted by atomic mass is 9.97. The molecule has 2 aliphatic heterocycles. The Bertz CT molecular complexity index is 734. The van der Waals surface area contributed by atoms with Crippen molar-refractivity contribution in [3.8, 4) is 0 Å². The lowest BCUT2D eigenvalue weighted by Gasteiger charge is -2.28. The summed E-state index contributed by atoms with van der Waals surface area (Å²) in [6, 6.07) is 1.07. The second-order valence-corrected chi connectivity index (χ2v) is 8.48. The third-order valence-electron chi connectivity index (χ3n) is 5.67. The fraction of sp³-hybridized carbons (Fsp3) is 0.700. The number of aromatic nitrogens is 1. The van der Waals surface area contributed by atoms with Gasteiger partial charge in [-0.25, -0.2) is 4.98 Å². The van der Waals surface area contributed by atoms with Gasteiger partial charge < -0.3 is 20.4 Å². The van der Waals surface area contributed by atoms with Crippen LogP contribution >= 0.6 is 11.6 Å². The van der Waals surface area contributed by atoms with Crippen molar-refractivity contribution >= 4 is 23.4 Å². The summed E-state index contributed by atoms with van der Waals surface area (Å²) >= 11 is 6.10. The molecule has 0 bridgehead atoms. The molecule has 0 spiro atoms. The Morgan fingerprint density at radius 1 is 1.27 bits per heavy atom. The van der Waals surface area contributed by atoms with Crippen LogP contribution in [0.5, 0.6) is 0 Å². The fourth-order valence-corrected chi connectivity index (χ4v) is 4.15. The molecular weight excluding hydrogens is 417 g/mol. The molecule has 1 aromatic heterocycles. The second-order valence-electron chi connectivity index (χ2n) is 8.07. The molecular formula is C20H30ClF3N6. The van der Waals surface area contributed by atoms with Crippen LogP contribution in [0.3, 0.4) is 0 Å². The van der Waals surface area contributed by atoms with E-state index in [0.29, 0.717) is 24.8 Å². The summed E-state index contributed by atoms with van der Waals surface area (Å²) < 4.78 is 38.5. The van der Waals surface area contributed by atoms with Gasteiger partial charge in [0, 0.05) is 38.4 Å². The Kier molecular flexibility index (Phi) is 7.68. The van der Waals surface area contributed by atoms with E-state index in [4.69, 9.17) is 16.6 Å². The molecule has 2 fully saturated rings. The first kappa shape index (κ1) is 22.9. The molecule has 1 atom stereocenters. The van der Waals surface area contributed by atoms with E-state index in [1.54, 1.807) is 0 Å². The van der Waals surface area contributed by atoms with Crippen LogP contribution in [-0.4, -0.2) is 68.2 Å². The molecule has 30 heavy (non-hydrogen) atoms. The van der Waals surface area contributed by atoms with E-state index in [2.05, 4.69) is 27.6 Å². The highest BCUT2D eigenvalue weighted by Gasteiger charge is 2.33. The van der Waals surface area contributed by atoms with E-state index in [1.165, 1.54) is 0 Å². The molecule has 3 rings (SSSR count). The first-order chi connectivity index (χ1) is 14.3. The Hall–Kier alpha value is -1.74. The van der Waals surface area contributed by atoms with Crippen LogP contribution in [0.25, 0.3) is 0 Å². The number of pyridine rings is 1. The SMILES string of the molecule is CCNC(=NCC1CCN(C)CC1)NC1CCN(c2ncc(C(F)(F)F)cc2Cl)C1. The molecule has 0 radical (unpaired) electrons. The van der Waals surface area contributed by atoms with Crippen LogP contribution in [0.2, 0.25) is 5.02 Å². The zero-order valence-corrected chi connectivity index (χ0v) is 18.2. The van der Waals surface area contributed by atoms with Gasteiger partial charge in [-0.15, -0.1) is 0 Å². The van der Waals surface area contributed by atoms with Gasteiger partial charge in [-0.2, -0.15) is 13.2 Å². The quantitative estimate of drug-likeness (QED) is 0.537. The average molecular weight is 447 g/mol. The second kappa shape index (κ2) is 10.0. The first-order valence-electron chi connectivity index (χ1n) is 10.5. The van der Waals surface area contributed by atoms with Gasteiger partial charge >= 0.3 is 6.18 Å². The number of nitrogens with zero attached hydrogens (tertiary/aromatic N) is 4. The smallest absolute Gasteiger partial charge is 0.357 e. The van der Waals surface area contributed by atoms with Gasteiger partial charge in [0.15, 0.2) is 5.96 Å². The van der Waals surface area contributed by atoms with E-state index in [9.17, 15) is 13.2 Å². The number of piperidine rings is 1. The Labute approximate surface area is 180 Å². The summed E-state index contributed by atoms with van der Waals surface area (Å²) in [5, 5.41) is 6.77. The number of nitrogens with one attached hydrogen (secondary N) is 2. The molecule has 2 N–H and O–H groups in total. The van der Waals surface area contributed by atoms with Gasteiger partial charge in [-0.05, 0) is 58.3 Å². The van der Waals surface area contributed by atoms with Gasteiger partial charge in [0.25, 0.3) is 0 Å². The molecule has 1 unspecified atom stereocenters. The number of rotatable bonds is 5. The predicted molar refractivity (Wildman–Crippen MR) is 114 cm³/mol. The summed E-state index contributed by atoms with van der Waals surface area (Å²) in [5.74, 6) is 1.78. The summed E-state index contributed by atoms with van der Waals surface area (Å²) in [6.45, 7) is 7.10. The van der Waals surface area contributed by atoms with Crippen molar-refractivity contribution in [2.24, 2.45) is 10.9 Å². The minimum atomic E-state index is -4.45. The molecule has 168 valence electrons. The molecule has 2 aliphatic rings. The van der Waals surface area contributed by atoms with Crippen molar-refractivity contribution in [3.63, 3.8) is 0 Å². The topological polar surface area (TPSA) is 55.8 Å². The fourth-order valence-electron chi connectivity index (χ4n) is 3.87. The van der Waals surface area contributed by atoms with Crippen molar-refractivity contribution in [1.82, 2.24) is 20.5 Å². The number of guanidine groups is 1. The highest BCUT2D eigenvalue weighted by molar-refractivity contribution is 6.33. The van der Waals surface area contributed by atoms with Gasteiger partial charge in [-0.1, -0.05) is 11.6 Å². The van der Waals surface area contributed by atoms with Crippen molar-refractivity contribution in [3.05, 3.63) is 22.8 Å². The Morgan fingerprint density at radius 2 is 2.00 bits per heavy atom. The zero-order valence-electron chi connectivity index (χ0n) is 17.5. The number of alkyl halides is 3. The van der Waals surface area contributed by atoms with Gasteiger partial charge in [0.05, 0.1) is 10.6 Å². The maximum Gasteiger partial charge on any atom is 0.417 e. The van der Waals surface area contributed by atoms with Crippen LogP contribution in [0.4, 0.5) is 19.0 Å². The first-order valence-corrected chi connectivity index (χ1v) is 10.8. The van der Waals surface area contributed by atoms with Gasteiger partial charge in [0.1, 0.15) is 5.82 Å². The molecule has 3 heterocycles.